The monoisotopic (exact) mass is 323 g/mol. The minimum atomic E-state index is -4.19. The molecule has 1 aromatic carbocycles. The second-order valence-corrected chi connectivity index (χ2v) is 5.14. The number of alkyl halides is 4. The highest BCUT2D eigenvalue weighted by molar-refractivity contribution is 9.08. The molecular weight excluding hydrogens is 307 g/mol. The Hall–Kier alpha value is -0.710. The number of rotatable bonds is 4. The van der Waals surface area contributed by atoms with Gasteiger partial charge in [0.1, 0.15) is 6.54 Å². The Morgan fingerprint density at radius 2 is 1.89 bits per heavy atom. The Morgan fingerprint density at radius 1 is 1.28 bits per heavy atom. The second kappa shape index (κ2) is 5.95. The quantitative estimate of drug-likeness (QED) is 0.728. The average Bonchev–Trinajstić information content (AvgIpc) is 2.24. The number of halogens is 4. The molecular formula is C13H17BrF3N. The van der Waals surface area contributed by atoms with E-state index in [0.29, 0.717) is 11.0 Å². The standard InChI is InChI=1S/C13H17BrF3N/c1-9(2)18(8-13(15,16)17)12-5-4-11(7-14)10(3)6-12/h4-6,9H,7-8H2,1-3H3. The van der Waals surface area contributed by atoms with E-state index in [0.717, 1.165) is 11.1 Å². The molecule has 0 aromatic heterocycles. The van der Waals surface area contributed by atoms with Crippen molar-refractivity contribution in [3.63, 3.8) is 0 Å². The fourth-order valence-corrected chi connectivity index (χ4v) is 2.40. The highest BCUT2D eigenvalue weighted by Crippen LogP contribution is 2.26. The van der Waals surface area contributed by atoms with Crippen LogP contribution in [-0.4, -0.2) is 18.8 Å². The van der Waals surface area contributed by atoms with Crippen molar-refractivity contribution in [2.75, 3.05) is 11.4 Å². The molecule has 102 valence electrons. The van der Waals surface area contributed by atoms with E-state index >= 15 is 0 Å². The lowest BCUT2D eigenvalue weighted by Crippen LogP contribution is -2.39. The van der Waals surface area contributed by atoms with Crippen LogP contribution in [0.3, 0.4) is 0 Å². The van der Waals surface area contributed by atoms with Crippen molar-refractivity contribution in [3.8, 4) is 0 Å². The van der Waals surface area contributed by atoms with E-state index in [1.807, 2.05) is 19.1 Å². The van der Waals surface area contributed by atoms with Gasteiger partial charge in [-0.2, -0.15) is 13.2 Å². The van der Waals surface area contributed by atoms with Crippen LogP contribution in [0.25, 0.3) is 0 Å². The highest BCUT2D eigenvalue weighted by Gasteiger charge is 2.32. The summed E-state index contributed by atoms with van der Waals surface area (Å²) in [5, 5.41) is 0.708. The molecule has 0 aliphatic heterocycles. The lowest BCUT2D eigenvalue weighted by atomic mass is 10.1. The topological polar surface area (TPSA) is 3.24 Å². The van der Waals surface area contributed by atoms with E-state index in [-0.39, 0.29) is 6.04 Å². The van der Waals surface area contributed by atoms with E-state index in [1.54, 1.807) is 19.9 Å². The smallest absolute Gasteiger partial charge is 0.360 e. The van der Waals surface area contributed by atoms with E-state index in [1.165, 1.54) is 4.90 Å². The number of aryl methyl sites for hydroxylation is 1. The van der Waals surface area contributed by atoms with Crippen molar-refractivity contribution in [3.05, 3.63) is 29.3 Å². The molecule has 0 heterocycles. The Balaban J connectivity index is 3.03. The summed E-state index contributed by atoms with van der Waals surface area (Å²) < 4.78 is 37.6. The van der Waals surface area contributed by atoms with Gasteiger partial charge in [0, 0.05) is 17.1 Å². The first kappa shape index (κ1) is 15.3. The molecule has 1 rings (SSSR count). The molecule has 18 heavy (non-hydrogen) atoms. The number of benzene rings is 1. The molecule has 0 bridgehead atoms. The molecule has 1 aromatic rings. The first-order valence-electron chi connectivity index (χ1n) is 5.73. The molecule has 0 saturated heterocycles. The number of nitrogens with zero attached hydrogens (tertiary/aromatic N) is 1. The van der Waals surface area contributed by atoms with Gasteiger partial charge in [0.25, 0.3) is 0 Å². The third kappa shape index (κ3) is 4.19. The number of anilines is 1. The van der Waals surface area contributed by atoms with Gasteiger partial charge in [-0.15, -0.1) is 0 Å². The normalized spacial score (nSPS) is 12.0. The van der Waals surface area contributed by atoms with Crippen LogP contribution in [0.5, 0.6) is 0 Å². The first-order valence-corrected chi connectivity index (χ1v) is 6.85. The van der Waals surface area contributed by atoms with Crippen molar-refractivity contribution < 1.29 is 13.2 Å². The van der Waals surface area contributed by atoms with E-state index in [9.17, 15) is 13.2 Å². The minimum Gasteiger partial charge on any atom is -0.360 e. The molecule has 1 nitrogen and oxygen atoms in total. The third-order valence-corrected chi connectivity index (χ3v) is 3.38. The third-order valence-electron chi connectivity index (χ3n) is 2.77. The zero-order valence-corrected chi connectivity index (χ0v) is 12.3. The van der Waals surface area contributed by atoms with E-state index in [4.69, 9.17) is 0 Å². The lowest BCUT2D eigenvalue weighted by Gasteiger charge is -2.30. The van der Waals surface area contributed by atoms with E-state index < -0.39 is 12.7 Å². The fourth-order valence-electron chi connectivity index (χ4n) is 1.77. The zero-order valence-electron chi connectivity index (χ0n) is 10.7. The Labute approximate surface area is 114 Å². The maximum Gasteiger partial charge on any atom is 0.405 e. The molecule has 0 saturated carbocycles. The first-order chi connectivity index (χ1) is 8.24. The summed E-state index contributed by atoms with van der Waals surface area (Å²) in [4.78, 5) is 1.37. The molecule has 0 radical (unpaired) electrons. The summed E-state index contributed by atoms with van der Waals surface area (Å²) in [6.07, 6.45) is -4.19. The van der Waals surface area contributed by atoms with Gasteiger partial charge in [-0.1, -0.05) is 22.0 Å². The predicted octanol–water partition coefficient (Wildman–Crippen LogP) is 4.67. The summed E-state index contributed by atoms with van der Waals surface area (Å²) in [5.41, 5.74) is 2.70. The largest absolute Gasteiger partial charge is 0.405 e. The second-order valence-electron chi connectivity index (χ2n) is 4.58. The van der Waals surface area contributed by atoms with Crippen LogP contribution in [0, 0.1) is 6.92 Å². The van der Waals surface area contributed by atoms with Crippen molar-refractivity contribution in [2.24, 2.45) is 0 Å². The summed E-state index contributed by atoms with van der Waals surface area (Å²) in [5.74, 6) is 0. The maximum absolute atomic E-state index is 12.5. The van der Waals surface area contributed by atoms with Gasteiger partial charge in [-0.3, -0.25) is 0 Å². The van der Waals surface area contributed by atoms with Gasteiger partial charge in [0.05, 0.1) is 0 Å². The molecule has 0 amide bonds. The van der Waals surface area contributed by atoms with Crippen LogP contribution in [-0.2, 0) is 5.33 Å². The highest BCUT2D eigenvalue weighted by atomic mass is 79.9. The van der Waals surface area contributed by atoms with Crippen molar-refractivity contribution in [2.45, 2.75) is 38.3 Å². The van der Waals surface area contributed by atoms with Crippen LogP contribution in [0.15, 0.2) is 18.2 Å². The van der Waals surface area contributed by atoms with E-state index in [2.05, 4.69) is 15.9 Å². The van der Waals surface area contributed by atoms with Crippen molar-refractivity contribution in [1.82, 2.24) is 0 Å². The SMILES string of the molecule is Cc1cc(N(CC(F)(F)F)C(C)C)ccc1CBr. The van der Waals surface area contributed by atoms with Crippen LogP contribution >= 0.6 is 15.9 Å². The van der Waals surface area contributed by atoms with Crippen molar-refractivity contribution in [1.29, 1.82) is 0 Å². The van der Waals surface area contributed by atoms with Crippen LogP contribution in [0.4, 0.5) is 18.9 Å². The zero-order chi connectivity index (χ0) is 13.9. The van der Waals surface area contributed by atoms with Gasteiger partial charge in [0.2, 0.25) is 0 Å². The molecule has 5 heteroatoms. The number of hydrogen-bond acceptors (Lipinski definition) is 1. The summed E-state index contributed by atoms with van der Waals surface area (Å²) in [6.45, 7) is 4.52. The average molecular weight is 324 g/mol. The number of hydrogen-bond donors (Lipinski definition) is 0. The molecule has 0 fully saturated rings. The Bertz CT molecular complexity index is 402. The van der Waals surface area contributed by atoms with Gasteiger partial charge >= 0.3 is 6.18 Å². The molecule has 0 atom stereocenters. The summed E-state index contributed by atoms with van der Waals surface area (Å²) in [7, 11) is 0. The fraction of sp³-hybridized carbons (Fsp3) is 0.538. The Kier molecular flexibility index (Phi) is 5.08. The molecule has 0 spiro atoms. The maximum atomic E-state index is 12.5. The predicted molar refractivity (Wildman–Crippen MR) is 72.3 cm³/mol. The van der Waals surface area contributed by atoms with Crippen LogP contribution in [0.2, 0.25) is 0 Å². The van der Waals surface area contributed by atoms with Gasteiger partial charge < -0.3 is 4.90 Å². The Morgan fingerprint density at radius 3 is 2.28 bits per heavy atom. The van der Waals surface area contributed by atoms with Crippen LogP contribution < -0.4 is 4.90 Å². The molecule has 0 unspecified atom stereocenters. The van der Waals surface area contributed by atoms with Gasteiger partial charge in [0.15, 0.2) is 0 Å². The van der Waals surface area contributed by atoms with Gasteiger partial charge in [-0.05, 0) is 44.0 Å². The molecule has 0 aliphatic rings. The molecule has 0 aliphatic carbocycles. The minimum absolute atomic E-state index is 0.194. The lowest BCUT2D eigenvalue weighted by molar-refractivity contribution is -0.120. The van der Waals surface area contributed by atoms with Gasteiger partial charge in [-0.25, -0.2) is 0 Å². The molecule has 0 N–H and O–H groups in total. The summed E-state index contributed by atoms with van der Waals surface area (Å²) >= 11 is 3.35. The van der Waals surface area contributed by atoms with Crippen molar-refractivity contribution >= 4 is 21.6 Å². The van der Waals surface area contributed by atoms with Crippen LogP contribution in [0.1, 0.15) is 25.0 Å². The summed E-state index contributed by atoms with van der Waals surface area (Å²) in [6, 6.07) is 5.23.